The minimum absolute atomic E-state index is 0.0570. The molecule has 0 aromatic heterocycles. The van der Waals surface area contributed by atoms with Crippen molar-refractivity contribution in [1.29, 1.82) is 0 Å². The number of ketones is 1. The lowest BCUT2D eigenvalue weighted by Gasteiger charge is -2.68. The molecule has 8 nitrogen and oxygen atoms in total. The lowest BCUT2D eigenvalue weighted by atomic mass is 9.44. The summed E-state index contributed by atoms with van der Waals surface area (Å²) in [5.41, 5.74) is -1.88. The van der Waals surface area contributed by atoms with Crippen LogP contribution in [-0.2, 0) is 33.4 Å². The number of unbranched alkanes of at least 4 members (excludes halogenated alkanes) is 3. The van der Waals surface area contributed by atoms with E-state index in [-0.39, 0.29) is 30.5 Å². The summed E-state index contributed by atoms with van der Waals surface area (Å²) in [5, 5.41) is 9.91. The van der Waals surface area contributed by atoms with Gasteiger partial charge in [0.05, 0.1) is 35.0 Å². The number of aliphatic carboxylic acids is 1. The number of carbonyl (C=O) groups is 4. The lowest BCUT2D eigenvalue weighted by molar-refractivity contribution is -0.388. The summed E-state index contributed by atoms with van der Waals surface area (Å²) in [7, 11) is 1.38. The standard InChI is InChI=1S/C36H52O8S2/c1-5-7-9-10-11-13-16-24-25-22-27(26(37)17-12-8-6-2)43-36(30(32(45)46-4)29(24)31(40)42-3)35(25)20-14-18-34(19-15-21-35,23-28(38)39)33(41)44-36/h5-8,24-25,27,29-30H,9-23H2,1-4H3,(H,38,39)/b7-5+,8-6+. The number of carbonyl (C=O) groups excluding carboxylic acids is 3. The Morgan fingerprint density at radius 1 is 1.04 bits per heavy atom. The van der Waals surface area contributed by atoms with Crippen LogP contribution in [0.25, 0.3) is 0 Å². The Balaban J connectivity index is 1.91. The van der Waals surface area contributed by atoms with Gasteiger partial charge in [-0.3, -0.25) is 19.2 Å². The van der Waals surface area contributed by atoms with Gasteiger partial charge in [-0.2, -0.15) is 0 Å². The fourth-order valence-corrected chi connectivity index (χ4v) is 10.3. The molecule has 5 aliphatic rings. The van der Waals surface area contributed by atoms with E-state index in [9.17, 15) is 24.3 Å². The smallest absolute Gasteiger partial charge is 0.315 e. The first-order valence-electron chi connectivity index (χ1n) is 17.1. The van der Waals surface area contributed by atoms with Gasteiger partial charge in [0.15, 0.2) is 5.78 Å². The maximum atomic E-state index is 14.4. The second-order valence-electron chi connectivity index (χ2n) is 13.7. The number of carboxylic acids is 1. The first-order valence-corrected chi connectivity index (χ1v) is 18.7. The van der Waals surface area contributed by atoms with Crippen molar-refractivity contribution in [1.82, 2.24) is 0 Å². The summed E-state index contributed by atoms with van der Waals surface area (Å²) in [6.45, 7) is 3.94. The Kier molecular flexibility index (Phi) is 12.7. The van der Waals surface area contributed by atoms with Crippen LogP contribution in [0.1, 0.15) is 110 Å². The first kappa shape index (κ1) is 36.8. The van der Waals surface area contributed by atoms with E-state index in [4.69, 9.17) is 26.4 Å². The summed E-state index contributed by atoms with van der Waals surface area (Å²) in [4.78, 5) is 54.3. The van der Waals surface area contributed by atoms with Crippen LogP contribution >= 0.6 is 24.0 Å². The minimum atomic E-state index is -1.68. The van der Waals surface area contributed by atoms with E-state index < -0.39 is 52.5 Å². The van der Waals surface area contributed by atoms with Crippen LogP contribution in [0, 0.1) is 34.5 Å². The summed E-state index contributed by atoms with van der Waals surface area (Å²) in [6.07, 6.45) is 18.2. The SMILES string of the molecule is C/C=C/CCCCCC1C(C(=O)OC)C(C(=S)SC)C23OC(=O)C4(CC(=O)O)CCCC2(CCC4)C1CC(C(=O)CC/C=C/C)O3. The Morgan fingerprint density at radius 3 is 2.33 bits per heavy atom. The minimum Gasteiger partial charge on any atom is -0.481 e. The second-order valence-corrected chi connectivity index (χ2v) is 15.3. The van der Waals surface area contributed by atoms with Crippen molar-refractivity contribution in [2.24, 2.45) is 34.5 Å². The van der Waals surface area contributed by atoms with Crippen LogP contribution in [0.15, 0.2) is 24.3 Å². The largest absolute Gasteiger partial charge is 0.481 e. The number of fused-ring (bicyclic) bond motifs is 5. The second kappa shape index (κ2) is 15.9. The van der Waals surface area contributed by atoms with Gasteiger partial charge in [0.25, 0.3) is 0 Å². The quantitative estimate of drug-likeness (QED) is 0.0852. The van der Waals surface area contributed by atoms with E-state index in [1.54, 1.807) is 0 Å². The topological polar surface area (TPSA) is 116 Å². The molecule has 0 amide bonds. The Labute approximate surface area is 283 Å². The zero-order valence-electron chi connectivity index (χ0n) is 27.9. The van der Waals surface area contributed by atoms with E-state index >= 15 is 0 Å². The number of rotatable bonds is 14. The van der Waals surface area contributed by atoms with Gasteiger partial charge in [-0.25, -0.2) is 0 Å². The third-order valence-corrected chi connectivity index (χ3v) is 12.8. The van der Waals surface area contributed by atoms with Crippen LogP contribution in [-0.4, -0.2) is 58.3 Å². The number of thioether (sulfide) groups is 1. The van der Waals surface area contributed by atoms with Crippen LogP contribution in [0.2, 0.25) is 0 Å². The number of ether oxygens (including phenoxy) is 3. The molecule has 3 aliphatic heterocycles. The summed E-state index contributed by atoms with van der Waals surface area (Å²) < 4.78 is 19.6. The molecule has 0 radical (unpaired) electrons. The fraction of sp³-hybridized carbons (Fsp3) is 0.750. The van der Waals surface area contributed by atoms with Crippen LogP contribution < -0.4 is 0 Å². The molecule has 1 N–H and O–H groups in total. The molecule has 46 heavy (non-hydrogen) atoms. The van der Waals surface area contributed by atoms with E-state index in [0.29, 0.717) is 55.6 Å². The average molecular weight is 677 g/mol. The number of methoxy groups -OCH3 is 1. The average Bonchev–Trinajstić information content (AvgIpc) is 3.01. The molecule has 1 spiro atoms. The van der Waals surface area contributed by atoms with Gasteiger partial charge in [0.2, 0.25) is 5.79 Å². The number of Topliss-reactive ketones (excluding diaryl/α,β-unsaturated/α-hetero) is 1. The van der Waals surface area contributed by atoms with Gasteiger partial charge in [-0.15, -0.1) is 11.8 Å². The summed E-state index contributed by atoms with van der Waals surface area (Å²) in [6, 6.07) is 0. The van der Waals surface area contributed by atoms with Crippen molar-refractivity contribution in [2.45, 2.75) is 122 Å². The number of carboxylic acid groups (broad SMARTS) is 1. The molecule has 3 saturated heterocycles. The van der Waals surface area contributed by atoms with Crippen molar-refractivity contribution in [3.8, 4) is 0 Å². The monoisotopic (exact) mass is 676 g/mol. The normalized spacial score (nSPS) is 35.6. The van der Waals surface area contributed by atoms with E-state index in [0.717, 1.165) is 32.1 Å². The molecule has 2 saturated carbocycles. The molecule has 5 fully saturated rings. The Hall–Kier alpha value is -2.04. The molecule has 256 valence electrons. The lowest BCUT2D eigenvalue weighted by Crippen LogP contribution is -2.75. The van der Waals surface area contributed by atoms with Crippen LogP contribution in [0.5, 0.6) is 0 Å². The van der Waals surface area contributed by atoms with Crippen molar-refractivity contribution >= 4 is 51.9 Å². The number of hydrogen-bond acceptors (Lipinski definition) is 9. The number of thiocarbonyl (C=S) groups is 1. The van der Waals surface area contributed by atoms with Gasteiger partial charge in [0.1, 0.15) is 6.10 Å². The van der Waals surface area contributed by atoms with Gasteiger partial charge in [0, 0.05) is 11.8 Å². The zero-order valence-corrected chi connectivity index (χ0v) is 29.6. The highest BCUT2D eigenvalue weighted by atomic mass is 32.2. The van der Waals surface area contributed by atoms with Crippen LogP contribution in [0.3, 0.4) is 0 Å². The van der Waals surface area contributed by atoms with Gasteiger partial charge in [-0.1, -0.05) is 62.2 Å². The fourth-order valence-electron chi connectivity index (χ4n) is 9.42. The Morgan fingerprint density at radius 2 is 1.72 bits per heavy atom. The third kappa shape index (κ3) is 6.91. The number of allylic oxidation sites excluding steroid dienone is 4. The maximum absolute atomic E-state index is 14.4. The molecule has 3 heterocycles. The molecule has 4 bridgehead atoms. The van der Waals surface area contributed by atoms with Crippen molar-refractivity contribution < 1.29 is 38.5 Å². The van der Waals surface area contributed by atoms with Crippen molar-refractivity contribution in [3.05, 3.63) is 24.3 Å². The van der Waals surface area contributed by atoms with Gasteiger partial charge in [-0.05, 0) is 89.7 Å². The van der Waals surface area contributed by atoms with Gasteiger partial charge < -0.3 is 19.3 Å². The van der Waals surface area contributed by atoms with Crippen molar-refractivity contribution in [2.75, 3.05) is 13.4 Å². The Bertz CT molecular complexity index is 1200. The molecule has 5 rings (SSSR count). The molecule has 0 aromatic carbocycles. The van der Waals surface area contributed by atoms with E-state index in [1.165, 1.54) is 18.9 Å². The van der Waals surface area contributed by atoms with Gasteiger partial charge >= 0.3 is 17.9 Å². The molecule has 0 aromatic rings. The highest BCUT2D eigenvalue weighted by Crippen LogP contribution is 2.70. The predicted molar refractivity (Wildman–Crippen MR) is 182 cm³/mol. The highest BCUT2D eigenvalue weighted by molar-refractivity contribution is 8.22. The zero-order chi connectivity index (χ0) is 33.5. The molecular formula is C36H52O8S2. The van der Waals surface area contributed by atoms with E-state index in [1.807, 2.05) is 32.3 Å². The molecule has 10 heteroatoms. The predicted octanol–water partition coefficient (Wildman–Crippen LogP) is 7.62. The first-order chi connectivity index (χ1) is 22.1. The summed E-state index contributed by atoms with van der Waals surface area (Å²) in [5.74, 6) is -5.65. The molecule has 6 atom stereocenters. The van der Waals surface area contributed by atoms with Crippen LogP contribution in [0.4, 0.5) is 0 Å². The van der Waals surface area contributed by atoms with E-state index in [2.05, 4.69) is 12.2 Å². The third-order valence-electron chi connectivity index (χ3n) is 11.4. The highest BCUT2D eigenvalue weighted by Gasteiger charge is 2.76. The maximum Gasteiger partial charge on any atom is 0.315 e. The molecule has 6 unspecified atom stereocenters. The summed E-state index contributed by atoms with van der Waals surface area (Å²) >= 11 is 7.39. The number of hydrogen-bond donors (Lipinski definition) is 1. The van der Waals surface area contributed by atoms with Crippen molar-refractivity contribution in [3.63, 3.8) is 0 Å². The molecule has 2 aliphatic carbocycles. The number of esters is 2. The molecular weight excluding hydrogens is 625 g/mol.